The molecule has 0 aliphatic heterocycles. The van der Waals surface area contributed by atoms with Gasteiger partial charge in [0.1, 0.15) is 16.5 Å². The zero-order valence-electron chi connectivity index (χ0n) is 9.57. The minimum atomic E-state index is 0.256. The van der Waals surface area contributed by atoms with Crippen LogP contribution in [-0.2, 0) is 6.54 Å². The van der Waals surface area contributed by atoms with Gasteiger partial charge in [-0.2, -0.15) is 0 Å². The highest BCUT2D eigenvalue weighted by Gasteiger charge is 2.09. The monoisotopic (exact) mass is 279 g/mol. The van der Waals surface area contributed by atoms with Gasteiger partial charge in [-0.25, -0.2) is 15.0 Å². The summed E-state index contributed by atoms with van der Waals surface area (Å²) in [5.74, 6) is 1.59. The predicted octanol–water partition coefficient (Wildman–Crippen LogP) is 2.99. The smallest absolute Gasteiger partial charge is 0.225 e. The third kappa shape index (κ3) is 2.16. The Kier molecular flexibility index (Phi) is 2.89. The number of fused-ring (bicyclic) bond motifs is 1. The maximum Gasteiger partial charge on any atom is 0.225 e. The van der Waals surface area contributed by atoms with Gasteiger partial charge in [-0.15, -0.1) is 11.3 Å². The average Bonchev–Trinajstić information content (AvgIpc) is 2.93. The van der Waals surface area contributed by atoms with Crippen LogP contribution < -0.4 is 5.32 Å². The molecule has 3 rings (SSSR count). The zero-order valence-corrected chi connectivity index (χ0v) is 11.1. The lowest BCUT2D eigenvalue weighted by atomic mass is 10.3. The van der Waals surface area contributed by atoms with Gasteiger partial charge in [0.25, 0.3) is 0 Å². The first kappa shape index (κ1) is 11.4. The zero-order chi connectivity index (χ0) is 12.5. The largest absolute Gasteiger partial charge is 0.362 e. The molecule has 0 unspecified atom stereocenters. The highest BCUT2D eigenvalue weighted by atomic mass is 35.5. The Morgan fingerprint density at radius 1 is 1.44 bits per heavy atom. The molecular weight excluding hydrogens is 270 g/mol. The van der Waals surface area contributed by atoms with Crippen molar-refractivity contribution in [2.24, 2.45) is 0 Å². The van der Waals surface area contributed by atoms with Crippen molar-refractivity contribution in [2.45, 2.75) is 13.5 Å². The minimum Gasteiger partial charge on any atom is -0.362 e. The van der Waals surface area contributed by atoms with E-state index in [1.54, 1.807) is 23.7 Å². The van der Waals surface area contributed by atoms with Crippen LogP contribution in [-0.4, -0.2) is 19.9 Å². The van der Waals surface area contributed by atoms with Crippen molar-refractivity contribution >= 4 is 39.0 Å². The molecule has 0 atom stereocenters. The van der Waals surface area contributed by atoms with Gasteiger partial charge in [0.2, 0.25) is 5.28 Å². The Morgan fingerprint density at radius 3 is 3.11 bits per heavy atom. The van der Waals surface area contributed by atoms with Crippen molar-refractivity contribution in [3.63, 3.8) is 0 Å². The summed E-state index contributed by atoms with van der Waals surface area (Å²) in [4.78, 5) is 17.7. The molecule has 0 amide bonds. The van der Waals surface area contributed by atoms with Gasteiger partial charge in [-0.1, -0.05) is 0 Å². The van der Waals surface area contributed by atoms with Crippen LogP contribution in [0, 0.1) is 6.92 Å². The fraction of sp³-hybridized carbons (Fsp3) is 0.182. The van der Waals surface area contributed by atoms with Crippen molar-refractivity contribution in [3.05, 3.63) is 34.4 Å². The summed E-state index contributed by atoms with van der Waals surface area (Å²) in [6.07, 6.45) is 3.50. The standard InChI is InChI=1S/C11H10ClN5S/c1-6-4-7-9(15-5-8-13-2-3-14-8)16-11(12)17-10(7)18-6/h2-4H,5H2,1H3,(H,13,14)(H,15,16,17). The van der Waals surface area contributed by atoms with E-state index in [2.05, 4.69) is 31.3 Å². The van der Waals surface area contributed by atoms with Crippen LogP contribution in [0.15, 0.2) is 18.5 Å². The maximum absolute atomic E-state index is 5.91. The molecular formula is C11H10ClN5S. The number of anilines is 1. The van der Waals surface area contributed by atoms with Crippen LogP contribution in [0.3, 0.4) is 0 Å². The van der Waals surface area contributed by atoms with E-state index in [1.165, 1.54) is 4.88 Å². The second kappa shape index (κ2) is 4.55. The first-order valence-electron chi connectivity index (χ1n) is 5.38. The van der Waals surface area contributed by atoms with Crippen LogP contribution in [0.1, 0.15) is 10.7 Å². The minimum absolute atomic E-state index is 0.256. The van der Waals surface area contributed by atoms with E-state index in [-0.39, 0.29) is 5.28 Å². The summed E-state index contributed by atoms with van der Waals surface area (Å²) in [5.41, 5.74) is 0. The van der Waals surface area contributed by atoms with Crippen molar-refractivity contribution in [3.8, 4) is 0 Å². The molecule has 2 N–H and O–H groups in total. The van der Waals surface area contributed by atoms with Crippen molar-refractivity contribution in [1.82, 2.24) is 19.9 Å². The maximum atomic E-state index is 5.91. The molecule has 3 aromatic heterocycles. The second-order valence-corrected chi connectivity index (χ2v) is 5.38. The topological polar surface area (TPSA) is 66.5 Å². The third-order valence-corrected chi connectivity index (χ3v) is 3.58. The Bertz CT molecular complexity index is 676. The van der Waals surface area contributed by atoms with Crippen LogP contribution in [0.2, 0.25) is 5.28 Å². The summed E-state index contributed by atoms with van der Waals surface area (Å²) in [7, 11) is 0. The molecule has 0 bridgehead atoms. The number of halogens is 1. The molecule has 0 spiro atoms. The predicted molar refractivity (Wildman–Crippen MR) is 73.1 cm³/mol. The van der Waals surface area contributed by atoms with E-state index in [0.717, 1.165) is 21.9 Å². The van der Waals surface area contributed by atoms with Gasteiger partial charge in [0, 0.05) is 17.3 Å². The first-order valence-corrected chi connectivity index (χ1v) is 6.57. The Morgan fingerprint density at radius 2 is 2.33 bits per heavy atom. The number of imidazole rings is 1. The number of aromatic nitrogens is 4. The number of hydrogen-bond acceptors (Lipinski definition) is 5. The van der Waals surface area contributed by atoms with Gasteiger partial charge in [-0.3, -0.25) is 0 Å². The summed E-state index contributed by atoms with van der Waals surface area (Å²) in [6.45, 7) is 2.61. The molecule has 3 aromatic rings. The van der Waals surface area contributed by atoms with Crippen molar-refractivity contribution in [1.29, 1.82) is 0 Å². The average molecular weight is 280 g/mol. The number of nitrogens with zero attached hydrogens (tertiary/aromatic N) is 3. The van der Waals surface area contributed by atoms with Gasteiger partial charge in [-0.05, 0) is 24.6 Å². The highest BCUT2D eigenvalue weighted by molar-refractivity contribution is 7.18. The van der Waals surface area contributed by atoms with E-state index in [1.807, 2.05) is 6.92 Å². The third-order valence-electron chi connectivity index (χ3n) is 2.47. The molecule has 18 heavy (non-hydrogen) atoms. The van der Waals surface area contributed by atoms with Crippen LogP contribution in [0.25, 0.3) is 10.2 Å². The van der Waals surface area contributed by atoms with Gasteiger partial charge < -0.3 is 10.3 Å². The Balaban J connectivity index is 1.95. The van der Waals surface area contributed by atoms with Crippen LogP contribution in [0.5, 0.6) is 0 Å². The lowest BCUT2D eigenvalue weighted by Crippen LogP contribution is -2.03. The molecule has 0 saturated heterocycles. The number of hydrogen-bond donors (Lipinski definition) is 2. The van der Waals surface area contributed by atoms with E-state index >= 15 is 0 Å². The fourth-order valence-electron chi connectivity index (χ4n) is 1.71. The number of aryl methyl sites for hydroxylation is 1. The molecule has 5 nitrogen and oxygen atoms in total. The molecule has 0 aliphatic carbocycles. The fourth-order valence-corrected chi connectivity index (χ4v) is 2.81. The molecule has 0 aliphatic rings. The number of rotatable bonds is 3. The molecule has 0 radical (unpaired) electrons. The van der Waals surface area contributed by atoms with Gasteiger partial charge in [0.15, 0.2) is 0 Å². The Labute approximate surface area is 112 Å². The van der Waals surface area contributed by atoms with Crippen molar-refractivity contribution in [2.75, 3.05) is 5.32 Å². The van der Waals surface area contributed by atoms with E-state index in [9.17, 15) is 0 Å². The summed E-state index contributed by atoms with van der Waals surface area (Å²) < 4.78 is 0. The lowest BCUT2D eigenvalue weighted by molar-refractivity contribution is 0.989. The second-order valence-electron chi connectivity index (χ2n) is 3.81. The van der Waals surface area contributed by atoms with E-state index in [4.69, 9.17) is 11.6 Å². The highest BCUT2D eigenvalue weighted by Crippen LogP contribution is 2.29. The van der Waals surface area contributed by atoms with E-state index < -0.39 is 0 Å². The summed E-state index contributed by atoms with van der Waals surface area (Å²) >= 11 is 7.52. The molecule has 7 heteroatoms. The number of aromatic amines is 1. The lowest BCUT2D eigenvalue weighted by Gasteiger charge is -2.05. The first-order chi connectivity index (χ1) is 8.72. The van der Waals surface area contributed by atoms with E-state index in [0.29, 0.717) is 6.54 Å². The molecule has 92 valence electrons. The van der Waals surface area contributed by atoms with Gasteiger partial charge in [0.05, 0.1) is 11.9 Å². The molecule has 3 heterocycles. The summed E-state index contributed by atoms with van der Waals surface area (Å²) in [5, 5.41) is 4.47. The summed E-state index contributed by atoms with van der Waals surface area (Å²) in [6, 6.07) is 2.06. The van der Waals surface area contributed by atoms with Crippen LogP contribution in [0.4, 0.5) is 5.82 Å². The number of nitrogens with one attached hydrogen (secondary N) is 2. The SMILES string of the molecule is Cc1cc2c(NCc3ncc[nH]3)nc(Cl)nc2s1. The molecule has 0 fully saturated rings. The van der Waals surface area contributed by atoms with Gasteiger partial charge >= 0.3 is 0 Å². The Hall–Kier alpha value is -1.66. The van der Waals surface area contributed by atoms with Crippen molar-refractivity contribution < 1.29 is 0 Å². The van der Waals surface area contributed by atoms with Crippen LogP contribution >= 0.6 is 22.9 Å². The number of thiophene rings is 1. The molecule has 0 saturated carbocycles. The number of H-pyrrole nitrogens is 1. The quantitative estimate of drug-likeness (QED) is 0.723. The molecule has 0 aromatic carbocycles. The normalized spacial score (nSPS) is 11.0.